The van der Waals surface area contributed by atoms with Crippen LogP contribution in [0.3, 0.4) is 0 Å². The van der Waals surface area contributed by atoms with E-state index < -0.39 is 0 Å². The van der Waals surface area contributed by atoms with E-state index in [9.17, 15) is 4.79 Å². The number of ether oxygens (including phenoxy) is 1. The molecule has 2 rings (SSSR count). The standard InChI is InChI=1S/C12H18BrN3O2/c1-18-5-4-16-11(10(13)7-15-16)12(17)8-2-3-9(14)6-8/h7-9H,2-6,14H2,1H3. The van der Waals surface area contributed by atoms with Gasteiger partial charge in [0.25, 0.3) is 0 Å². The quantitative estimate of drug-likeness (QED) is 0.838. The summed E-state index contributed by atoms with van der Waals surface area (Å²) < 4.78 is 7.49. The zero-order chi connectivity index (χ0) is 13.1. The summed E-state index contributed by atoms with van der Waals surface area (Å²) in [5.41, 5.74) is 6.51. The Labute approximate surface area is 115 Å². The maximum absolute atomic E-state index is 12.5. The van der Waals surface area contributed by atoms with Crippen LogP contribution in [0.15, 0.2) is 10.7 Å². The van der Waals surface area contributed by atoms with Crippen LogP contribution in [0.1, 0.15) is 29.8 Å². The number of methoxy groups -OCH3 is 1. The minimum atomic E-state index is 0.0364. The van der Waals surface area contributed by atoms with E-state index in [2.05, 4.69) is 21.0 Å². The third-order valence-electron chi connectivity index (χ3n) is 3.38. The van der Waals surface area contributed by atoms with Crippen molar-refractivity contribution in [3.63, 3.8) is 0 Å². The summed E-state index contributed by atoms with van der Waals surface area (Å²) in [6.07, 6.45) is 4.25. The van der Waals surface area contributed by atoms with E-state index in [4.69, 9.17) is 10.5 Å². The number of aromatic nitrogens is 2. The fourth-order valence-corrected chi connectivity index (χ4v) is 2.89. The van der Waals surface area contributed by atoms with Gasteiger partial charge in [-0.1, -0.05) is 0 Å². The zero-order valence-corrected chi connectivity index (χ0v) is 12.0. The summed E-state index contributed by atoms with van der Waals surface area (Å²) in [6.45, 7) is 1.13. The third-order valence-corrected chi connectivity index (χ3v) is 3.96. The molecule has 1 saturated carbocycles. The van der Waals surface area contributed by atoms with Gasteiger partial charge in [-0.25, -0.2) is 0 Å². The second-order valence-electron chi connectivity index (χ2n) is 4.69. The van der Waals surface area contributed by atoms with E-state index in [1.54, 1.807) is 18.0 Å². The number of ketones is 1. The Bertz CT molecular complexity index is 433. The van der Waals surface area contributed by atoms with Gasteiger partial charge < -0.3 is 10.5 Å². The molecule has 1 fully saturated rings. The number of carbonyl (C=O) groups excluding carboxylic acids is 1. The summed E-state index contributed by atoms with van der Waals surface area (Å²) in [5, 5.41) is 4.20. The summed E-state index contributed by atoms with van der Waals surface area (Å²) in [4.78, 5) is 12.5. The van der Waals surface area contributed by atoms with Crippen LogP contribution in [-0.4, -0.2) is 35.3 Å². The molecule has 0 saturated heterocycles. The van der Waals surface area contributed by atoms with Crippen LogP contribution in [-0.2, 0) is 11.3 Å². The van der Waals surface area contributed by atoms with Gasteiger partial charge >= 0.3 is 0 Å². The van der Waals surface area contributed by atoms with Crippen molar-refractivity contribution in [2.75, 3.05) is 13.7 Å². The molecule has 0 amide bonds. The highest BCUT2D eigenvalue weighted by atomic mass is 79.9. The molecule has 2 atom stereocenters. The molecule has 1 aromatic rings. The molecule has 0 spiro atoms. The summed E-state index contributed by atoms with van der Waals surface area (Å²) in [7, 11) is 1.63. The summed E-state index contributed by atoms with van der Waals surface area (Å²) in [6, 6.07) is 0.160. The molecular formula is C12H18BrN3O2. The van der Waals surface area contributed by atoms with E-state index in [0.717, 1.165) is 23.7 Å². The Morgan fingerprint density at radius 1 is 1.67 bits per heavy atom. The topological polar surface area (TPSA) is 70.1 Å². The van der Waals surface area contributed by atoms with Crippen LogP contribution in [0, 0.1) is 5.92 Å². The molecule has 1 aliphatic carbocycles. The maximum Gasteiger partial charge on any atom is 0.185 e. The van der Waals surface area contributed by atoms with Crippen molar-refractivity contribution in [2.24, 2.45) is 11.7 Å². The Morgan fingerprint density at radius 2 is 2.44 bits per heavy atom. The highest BCUT2D eigenvalue weighted by molar-refractivity contribution is 9.10. The van der Waals surface area contributed by atoms with Crippen molar-refractivity contribution in [1.82, 2.24) is 9.78 Å². The van der Waals surface area contributed by atoms with Gasteiger partial charge in [-0.2, -0.15) is 5.10 Å². The van der Waals surface area contributed by atoms with Crippen molar-refractivity contribution in [3.8, 4) is 0 Å². The van der Waals surface area contributed by atoms with Gasteiger partial charge in [0.1, 0.15) is 5.69 Å². The predicted octanol–water partition coefficient (Wildman–Crippen LogP) is 1.60. The largest absolute Gasteiger partial charge is 0.383 e. The van der Waals surface area contributed by atoms with Crippen molar-refractivity contribution in [2.45, 2.75) is 31.8 Å². The first-order valence-corrected chi connectivity index (χ1v) is 6.92. The van der Waals surface area contributed by atoms with Gasteiger partial charge in [-0.05, 0) is 35.2 Å². The number of halogens is 1. The van der Waals surface area contributed by atoms with Crippen LogP contribution in [0.2, 0.25) is 0 Å². The number of carbonyl (C=O) groups is 1. The molecule has 0 aromatic carbocycles. The molecule has 1 aliphatic rings. The Morgan fingerprint density at radius 3 is 3.06 bits per heavy atom. The first kappa shape index (κ1) is 13.7. The first-order chi connectivity index (χ1) is 8.63. The molecular weight excluding hydrogens is 298 g/mol. The van der Waals surface area contributed by atoms with Crippen molar-refractivity contribution < 1.29 is 9.53 Å². The molecule has 2 unspecified atom stereocenters. The number of nitrogens with zero attached hydrogens (tertiary/aromatic N) is 2. The highest BCUT2D eigenvalue weighted by Gasteiger charge is 2.31. The molecule has 5 nitrogen and oxygen atoms in total. The van der Waals surface area contributed by atoms with Gasteiger partial charge in [0.15, 0.2) is 5.78 Å². The fourth-order valence-electron chi connectivity index (χ4n) is 2.40. The average Bonchev–Trinajstić information content (AvgIpc) is 2.92. The van der Waals surface area contributed by atoms with Crippen molar-refractivity contribution in [3.05, 3.63) is 16.4 Å². The summed E-state index contributed by atoms with van der Waals surface area (Å²) >= 11 is 3.40. The van der Waals surface area contributed by atoms with Gasteiger partial charge in [-0.3, -0.25) is 9.48 Å². The molecule has 0 bridgehead atoms. The lowest BCUT2D eigenvalue weighted by molar-refractivity contribution is 0.0906. The van der Waals surface area contributed by atoms with Crippen molar-refractivity contribution >= 4 is 21.7 Å². The number of nitrogens with two attached hydrogens (primary N) is 1. The molecule has 6 heteroatoms. The van der Waals surface area contributed by atoms with E-state index >= 15 is 0 Å². The monoisotopic (exact) mass is 315 g/mol. The van der Waals surface area contributed by atoms with Crippen LogP contribution in [0.25, 0.3) is 0 Å². The number of Topliss-reactive ketones (excluding diaryl/α,β-unsaturated/α-hetero) is 1. The van der Waals surface area contributed by atoms with Gasteiger partial charge in [-0.15, -0.1) is 0 Å². The SMILES string of the molecule is COCCn1ncc(Br)c1C(=O)C1CCC(N)C1. The van der Waals surface area contributed by atoms with E-state index in [-0.39, 0.29) is 17.7 Å². The fraction of sp³-hybridized carbons (Fsp3) is 0.667. The lowest BCUT2D eigenvalue weighted by Crippen LogP contribution is -2.21. The number of rotatable bonds is 5. The average molecular weight is 316 g/mol. The van der Waals surface area contributed by atoms with Gasteiger partial charge in [0, 0.05) is 19.1 Å². The molecule has 1 aromatic heterocycles. The van der Waals surface area contributed by atoms with Gasteiger partial charge in [0.2, 0.25) is 0 Å². The first-order valence-electron chi connectivity index (χ1n) is 6.13. The molecule has 0 aliphatic heterocycles. The molecule has 2 N–H and O–H groups in total. The van der Waals surface area contributed by atoms with Gasteiger partial charge in [0.05, 0.1) is 23.8 Å². The lowest BCUT2D eigenvalue weighted by atomic mass is 10.00. The number of hydrogen-bond acceptors (Lipinski definition) is 4. The second kappa shape index (κ2) is 5.95. The molecule has 18 heavy (non-hydrogen) atoms. The number of hydrogen-bond donors (Lipinski definition) is 1. The van der Waals surface area contributed by atoms with Crippen LogP contribution in [0.4, 0.5) is 0 Å². The molecule has 1 heterocycles. The van der Waals surface area contributed by atoms with E-state index in [1.165, 1.54) is 0 Å². The minimum absolute atomic E-state index is 0.0364. The minimum Gasteiger partial charge on any atom is -0.383 e. The molecule has 100 valence electrons. The second-order valence-corrected chi connectivity index (χ2v) is 5.55. The zero-order valence-electron chi connectivity index (χ0n) is 10.4. The smallest absolute Gasteiger partial charge is 0.185 e. The Kier molecular flexibility index (Phi) is 4.53. The van der Waals surface area contributed by atoms with Crippen LogP contribution in [0.5, 0.6) is 0 Å². The Hall–Kier alpha value is -0.720. The van der Waals surface area contributed by atoms with E-state index in [1.807, 2.05) is 0 Å². The Balaban J connectivity index is 2.16. The maximum atomic E-state index is 12.5. The normalized spacial score (nSPS) is 23.5. The highest BCUT2D eigenvalue weighted by Crippen LogP contribution is 2.30. The lowest BCUT2D eigenvalue weighted by Gasteiger charge is -2.11. The predicted molar refractivity (Wildman–Crippen MR) is 71.4 cm³/mol. The van der Waals surface area contributed by atoms with Crippen molar-refractivity contribution in [1.29, 1.82) is 0 Å². The molecule has 0 radical (unpaired) electrons. The summed E-state index contributed by atoms with van der Waals surface area (Å²) in [5.74, 6) is 0.178. The van der Waals surface area contributed by atoms with Crippen LogP contribution < -0.4 is 5.73 Å². The van der Waals surface area contributed by atoms with Crippen LogP contribution >= 0.6 is 15.9 Å². The van der Waals surface area contributed by atoms with E-state index in [0.29, 0.717) is 18.8 Å². The third kappa shape index (κ3) is 2.81.